The number of carbonyl (C=O) groups excluding carboxylic acids is 7. The highest BCUT2D eigenvalue weighted by Gasteiger charge is 2.69. The number of fused-ring (bicyclic) bond motifs is 2. The van der Waals surface area contributed by atoms with E-state index >= 15 is 4.79 Å². The Balaban J connectivity index is 1.82. The van der Waals surface area contributed by atoms with E-state index in [1.807, 2.05) is 0 Å². The lowest BCUT2D eigenvalue weighted by Crippen LogP contribution is -2.60. The molecule has 300 valence electrons. The molecule has 0 N–H and O–H groups in total. The molecule has 2 aliphatic carbocycles. The molecule has 2 saturated carbocycles. The number of benzene rings is 2. The van der Waals surface area contributed by atoms with Gasteiger partial charge < -0.3 is 33.2 Å². The van der Waals surface area contributed by atoms with E-state index in [1.165, 1.54) is 24.3 Å². The highest BCUT2D eigenvalue weighted by molar-refractivity contribution is 5.93. The Morgan fingerprint density at radius 2 is 1.18 bits per heavy atom. The predicted molar refractivity (Wildman–Crippen MR) is 195 cm³/mol. The summed E-state index contributed by atoms with van der Waals surface area (Å²) in [7, 11) is 0. The molecule has 0 bridgehead atoms. The quantitative estimate of drug-likeness (QED) is 0.155. The van der Waals surface area contributed by atoms with Gasteiger partial charge in [0.25, 0.3) is 0 Å². The van der Waals surface area contributed by atoms with Gasteiger partial charge in [0.1, 0.15) is 12.2 Å². The van der Waals surface area contributed by atoms with E-state index in [4.69, 9.17) is 33.2 Å². The fraction of sp³-hybridized carbons (Fsp3) is 0.500. The van der Waals surface area contributed by atoms with Crippen LogP contribution in [0.4, 0.5) is 0 Å². The Hall–Kier alpha value is -5.37. The first-order valence-electron chi connectivity index (χ1n) is 18.4. The van der Waals surface area contributed by atoms with Gasteiger partial charge in [-0.1, -0.05) is 70.7 Å². The Bertz CT molecular complexity index is 1870. The third-order valence-corrected chi connectivity index (χ3v) is 10.8. The predicted octanol–water partition coefficient (Wildman–Crippen LogP) is 4.76. The molecular weight excluding hydrogens is 728 g/mol. The number of esters is 6. The van der Waals surface area contributed by atoms with Crippen LogP contribution >= 0.6 is 0 Å². The van der Waals surface area contributed by atoms with Crippen molar-refractivity contribution in [1.82, 2.24) is 0 Å². The van der Waals surface area contributed by atoms with Crippen LogP contribution in [0.1, 0.15) is 82.5 Å². The van der Waals surface area contributed by atoms with Gasteiger partial charge in [-0.3, -0.25) is 24.0 Å². The van der Waals surface area contributed by atoms with Gasteiger partial charge in [-0.05, 0) is 30.2 Å². The van der Waals surface area contributed by atoms with E-state index < -0.39 is 113 Å². The van der Waals surface area contributed by atoms with Crippen LogP contribution in [0.5, 0.6) is 0 Å². The molecule has 2 aromatic rings. The SMILES string of the molecule is C=C1[C@H](OC(C)=O)[C@@H](OC(=O)c2ccccc2)[C@@H](OC(=O)c2ccccc2)C(C)(C)[C@H]2O[C@H]2[C@@H](C)C(=O)[C@]2(OC(C)=O)C[C@@H](C)[C@H](OC(C)=O)[C@@H]2[C@H]1OC(C)=O. The molecule has 0 unspecified atom stereocenters. The zero-order valence-corrected chi connectivity index (χ0v) is 32.7. The monoisotopic (exact) mass is 776 g/mol. The van der Waals surface area contributed by atoms with Crippen LogP contribution in [-0.4, -0.2) is 89.9 Å². The topological polar surface area (TPSA) is 187 Å². The normalized spacial score (nSPS) is 32.1. The van der Waals surface area contributed by atoms with Crippen molar-refractivity contribution in [3.63, 3.8) is 0 Å². The maximum atomic E-state index is 15.0. The van der Waals surface area contributed by atoms with Crippen LogP contribution in [0.15, 0.2) is 72.8 Å². The van der Waals surface area contributed by atoms with Crippen molar-refractivity contribution in [3.8, 4) is 0 Å². The van der Waals surface area contributed by atoms with Crippen LogP contribution in [0.2, 0.25) is 0 Å². The second-order valence-electron chi connectivity index (χ2n) is 15.3. The summed E-state index contributed by atoms with van der Waals surface area (Å²) in [5.41, 5.74) is -3.42. The summed E-state index contributed by atoms with van der Waals surface area (Å²) < 4.78 is 42.5. The van der Waals surface area contributed by atoms with Crippen molar-refractivity contribution in [2.75, 3.05) is 0 Å². The molecule has 3 fully saturated rings. The number of carbonyl (C=O) groups is 7. The van der Waals surface area contributed by atoms with Crippen molar-refractivity contribution in [2.45, 2.75) is 110 Å². The molecule has 1 aliphatic heterocycles. The molecule has 1 heterocycles. The fourth-order valence-corrected chi connectivity index (χ4v) is 8.33. The number of ketones is 1. The highest BCUT2D eigenvalue weighted by Crippen LogP contribution is 2.54. The summed E-state index contributed by atoms with van der Waals surface area (Å²) in [6.07, 6.45) is -9.79. The molecule has 3 aliphatic rings. The summed E-state index contributed by atoms with van der Waals surface area (Å²) >= 11 is 0. The van der Waals surface area contributed by atoms with Gasteiger partial charge in [-0.25, -0.2) is 9.59 Å². The summed E-state index contributed by atoms with van der Waals surface area (Å²) in [4.78, 5) is 94.8. The molecule has 56 heavy (non-hydrogen) atoms. The first-order chi connectivity index (χ1) is 26.3. The number of hydrogen-bond acceptors (Lipinski definition) is 14. The molecule has 1 saturated heterocycles. The average molecular weight is 777 g/mol. The second-order valence-corrected chi connectivity index (χ2v) is 15.3. The molecule has 14 heteroatoms. The first kappa shape index (κ1) is 41.8. The lowest BCUT2D eigenvalue weighted by molar-refractivity contribution is -0.188. The van der Waals surface area contributed by atoms with Crippen LogP contribution < -0.4 is 0 Å². The third-order valence-electron chi connectivity index (χ3n) is 10.8. The zero-order chi connectivity index (χ0) is 41.3. The fourth-order valence-electron chi connectivity index (χ4n) is 8.33. The lowest BCUT2D eigenvalue weighted by atomic mass is 9.69. The van der Waals surface area contributed by atoms with Crippen LogP contribution in [-0.2, 0) is 57.1 Å². The standard InChI is InChI=1S/C42H48O14/c1-21-20-42(56-27(7)46)30(31(21)50-24(4)43)32(51-25(5)44)22(2)33(52-26(6)45)35(54-39(48)28-16-12-10-13-17-28)38(55-40(49)29-18-14-11-15-19-29)41(8,9)37-34(53-37)23(3)36(42)47/h10-19,21,23,30-35,37-38H,2,20H2,1,3-9H3/t21-,23-,30-,31+,32+,33+,34+,35-,37+,38-,42+/m1/s1. The maximum absolute atomic E-state index is 15.0. The molecule has 14 nitrogen and oxygen atoms in total. The summed E-state index contributed by atoms with van der Waals surface area (Å²) in [6, 6.07) is 15.9. The Morgan fingerprint density at radius 3 is 1.68 bits per heavy atom. The van der Waals surface area contributed by atoms with Crippen molar-refractivity contribution >= 4 is 41.6 Å². The van der Waals surface area contributed by atoms with Gasteiger partial charge in [0.15, 0.2) is 29.7 Å². The summed E-state index contributed by atoms with van der Waals surface area (Å²) in [5, 5.41) is 0. The Morgan fingerprint density at radius 1 is 0.679 bits per heavy atom. The smallest absolute Gasteiger partial charge is 0.338 e. The highest BCUT2D eigenvalue weighted by atomic mass is 16.6. The van der Waals surface area contributed by atoms with E-state index in [9.17, 15) is 28.8 Å². The van der Waals surface area contributed by atoms with Gasteiger partial charge in [-0.15, -0.1) is 0 Å². The second kappa shape index (κ2) is 16.4. The number of ether oxygens (including phenoxy) is 7. The molecule has 5 rings (SSSR count). The largest absolute Gasteiger partial charge is 0.462 e. The summed E-state index contributed by atoms with van der Waals surface area (Å²) in [5.74, 6) is -8.85. The number of Topliss-reactive ketones (excluding diaryl/α,β-unsaturated/α-hetero) is 1. The van der Waals surface area contributed by atoms with E-state index in [1.54, 1.807) is 64.1 Å². The Kier molecular flexibility index (Phi) is 12.2. The van der Waals surface area contributed by atoms with E-state index in [0.717, 1.165) is 27.7 Å². The minimum atomic E-state index is -2.09. The zero-order valence-electron chi connectivity index (χ0n) is 32.7. The number of hydrogen-bond donors (Lipinski definition) is 0. The Labute approximate surface area is 325 Å². The van der Waals surface area contributed by atoms with Crippen LogP contribution in [0, 0.1) is 23.2 Å². The minimum Gasteiger partial charge on any atom is -0.462 e. The number of rotatable bonds is 8. The molecule has 0 spiro atoms. The number of epoxide rings is 1. The first-order valence-corrected chi connectivity index (χ1v) is 18.4. The molecular formula is C42H48O14. The minimum absolute atomic E-state index is 0.0986. The van der Waals surface area contributed by atoms with Crippen LogP contribution in [0.25, 0.3) is 0 Å². The van der Waals surface area contributed by atoms with Crippen molar-refractivity contribution < 1.29 is 66.7 Å². The molecule has 11 atom stereocenters. The molecule has 0 amide bonds. The lowest BCUT2D eigenvalue weighted by Gasteiger charge is -2.45. The van der Waals surface area contributed by atoms with Gasteiger partial charge in [0.05, 0.1) is 29.3 Å². The van der Waals surface area contributed by atoms with Gasteiger partial charge in [0.2, 0.25) is 0 Å². The van der Waals surface area contributed by atoms with Crippen LogP contribution in [0.3, 0.4) is 0 Å². The van der Waals surface area contributed by atoms with Gasteiger partial charge >= 0.3 is 35.8 Å². The van der Waals surface area contributed by atoms with Gasteiger partial charge in [-0.2, -0.15) is 0 Å². The molecule has 2 aromatic carbocycles. The maximum Gasteiger partial charge on any atom is 0.338 e. The van der Waals surface area contributed by atoms with E-state index in [0.29, 0.717) is 0 Å². The molecule has 0 radical (unpaired) electrons. The summed E-state index contributed by atoms with van der Waals surface area (Å²) in [6.45, 7) is 15.3. The van der Waals surface area contributed by atoms with E-state index in [2.05, 4.69) is 6.58 Å². The third kappa shape index (κ3) is 8.40. The van der Waals surface area contributed by atoms with Crippen molar-refractivity contribution in [2.24, 2.45) is 23.2 Å². The van der Waals surface area contributed by atoms with Crippen molar-refractivity contribution in [3.05, 3.63) is 83.9 Å². The van der Waals surface area contributed by atoms with Gasteiger partial charge in [0, 0.05) is 51.0 Å². The molecule has 0 aromatic heterocycles. The van der Waals surface area contributed by atoms with Crippen molar-refractivity contribution in [1.29, 1.82) is 0 Å². The average Bonchev–Trinajstić information content (AvgIpc) is 3.91. The van der Waals surface area contributed by atoms with E-state index in [-0.39, 0.29) is 23.1 Å².